The first-order chi connectivity index (χ1) is 8.08. The van der Waals surface area contributed by atoms with Gasteiger partial charge in [-0.3, -0.25) is 0 Å². The lowest BCUT2D eigenvalue weighted by Gasteiger charge is -2.14. The topological polar surface area (TPSA) is 76.1 Å². The van der Waals surface area contributed by atoms with E-state index >= 15 is 0 Å². The van der Waals surface area contributed by atoms with Gasteiger partial charge in [-0.25, -0.2) is 9.78 Å². The summed E-state index contributed by atoms with van der Waals surface area (Å²) in [4.78, 5) is 19.7. The van der Waals surface area contributed by atoms with E-state index in [0.717, 1.165) is 0 Å². The van der Waals surface area contributed by atoms with Crippen LogP contribution in [0, 0.1) is 0 Å². The SMILES string of the molecule is CCOC(=O)C(C)Nc1nc(NC)ncc1Br. The molecule has 1 atom stereocenters. The van der Waals surface area contributed by atoms with Crippen molar-refractivity contribution in [1.29, 1.82) is 0 Å². The highest BCUT2D eigenvalue weighted by Gasteiger charge is 2.16. The fourth-order valence-corrected chi connectivity index (χ4v) is 1.43. The van der Waals surface area contributed by atoms with E-state index in [2.05, 4.69) is 36.5 Å². The molecule has 1 unspecified atom stereocenters. The first-order valence-electron chi connectivity index (χ1n) is 5.22. The molecule has 0 spiro atoms. The van der Waals surface area contributed by atoms with Gasteiger partial charge in [-0.05, 0) is 29.8 Å². The lowest BCUT2D eigenvalue weighted by atomic mass is 10.3. The molecule has 1 heterocycles. The number of rotatable bonds is 5. The molecule has 2 N–H and O–H groups in total. The minimum absolute atomic E-state index is 0.316. The van der Waals surface area contributed by atoms with Crippen molar-refractivity contribution in [1.82, 2.24) is 9.97 Å². The van der Waals surface area contributed by atoms with Crippen LogP contribution in [-0.2, 0) is 9.53 Å². The van der Waals surface area contributed by atoms with Crippen molar-refractivity contribution in [3.8, 4) is 0 Å². The molecule has 17 heavy (non-hydrogen) atoms. The quantitative estimate of drug-likeness (QED) is 0.806. The summed E-state index contributed by atoms with van der Waals surface area (Å²) in [6.07, 6.45) is 1.61. The Morgan fingerprint density at radius 1 is 1.65 bits per heavy atom. The second-order valence-corrected chi connectivity index (χ2v) is 4.11. The smallest absolute Gasteiger partial charge is 0.328 e. The first kappa shape index (κ1) is 13.7. The number of carbonyl (C=O) groups excluding carboxylic acids is 1. The summed E-state index contributed by atoms with van der Waals surface area (Å²) in [5.74, 6) is 0.709. The average Bonchev–Trinajstić information content (AvgIpc) is 2.32. The van der Waals surface area contributed by atoms with Crippen LogP contribution in [0.5, 0.6) is 0 Å². The Hall–Kier alpha value is -1.37. The van der Waals surface area contributed by atoms with Crippen LogP contribution in [0.4, 0.5) is 11.8 Å². The zero-order valence-corrected chi connectivity index (χ0v) is 11.5. The summed E-state index contributed by atoms with van der Waals surface area (Å²) in [5.41, 5.74) is 0. The molecule has 0 aromatic carbocycles. The number of nitrogens with zero attached hydrogens (tertiary/aromatic N) is 2. The Balaban J connectivity index is 2.76. The summed E-state index contributed by atoms with van der Waals surface area (Å²) in [6.45, 7) is 3.84. The lowest BCUT2D eigenvalue weighted by molar-refractivity contribution is -0.143. The molecule has 0 saturated carbocycles. The van der Waals surface area contributed by atoms with Gasteiger partial charge in [0.25, 0.3) is 0 Å². The molecule has 1 aromatic rings. The van der Waals surface area contributed by atoms with Crippen molar-refractivity contribution in [2.75, 3.05) is 24.3 Å². The first-order valence-corrected chi connectivity index (χ1v) is 6.01. The van der Waals surface area contributed by atoms with Gasteiger partial charge >= 0.3 is 5.97 Å². The van der Waals surface area contributed by atoms with E-state index in [1.54, 1.807) is 27.1 Å². The summed E-state index contributed by atoms with van der Waals surface area (Å²) < 4.78 is 5.58. The van der Waals surface area contributed by atoms with Crippen molar-refractivity contribution >= 4 is 33.7 Å². The van der Waals surface area contributed by atoms with Gasteiger partial charge in [0.05, 0.1) is 11.1 Å². The van der Waals surface area contributed by atoms with E-state index in [4.69, 9.17) is 4.74 Å². The summed E-state index contributed by atoms with van der Waals surface area (Å²) >= 11 is 3.31. The minimum atomic E-state index is -0.467. The number of ether oxygens (including phenoxy) is 1. The molecular weight excluding hydrogens is 288 g/mol. The Morgan fingerprint density at radius 2 is 2.35 bits per heavy atom. The van der Waals surface area contributed by atoms with Crippen molar-refractivity contribution in [2.45, 2.75) is 19.9 Å². The standard InChI is InChI=1S/C10H15BrN4O2/c1-4-17-9(16)6(2)14-8-7(11)5-13-10(12-3)15-8/h5-6H,4H2,1-3H3,(H2,12,13,14,15). The number of carbonyl (C=O) groups is 1. The zero-order chi connectivity index (χ0) is 12.8. The normalized spacial score (nSPS) is 11.8. The minimum Gasteiger partial charge on any atom is -0.464 e. The third-order valence-electron chi connectivity index (χ3n) is 1.96. The molecule has 0 amide bonds. The lowest BCUT2D eigenvalue weighted by Crippen LogP contribution is -2.28. The third kappa shape index (κ3) is 3.85. The molecule has 0 aliphatic carbocycles. The van der Waals surface area contributed by atoms with Crippen LogP contribution in [-0.4, -0.2) is 35.6 Å². The molecule has 0 bridgehead atoms. The Kier molecular flexibility index (Phi) is 5.14. The number of halogens is 1. The van der Waals surface area contributed by atoms with E-state index < -0.39 is 6.04 Å². The van der Waals surface area contributed by atoms with Gasteiger partial charge in [0, 0.05) is 13.2 Å². The number of hydrogen-bond acceptors (Lipinski definition) is 6. The van der Waals surface area contributed by atoms with E-state index in [0.29, 0.717) is 22.8 Å². The van der Waals surface area contributed by atoms with Gasteiger partial charge in [0.15, 0.2) is 0 Å². The summed E-state index contributed by atoms with van der Waals surface area (Å²) in [7, 11) is 1.72. The molecule has 1 rings (SSSR count). The Labute approximate surface area is 108 Å². The van der Waals surface area contributed by atoms with Gasteiger partial charge in [-0.15, -0.1) is 0 Å². The van der Waals surface area contributed by atoms with Crippen molar-refractivity contribution in [3.05, 3.63) is 10.7 Å². The molecule has 94 valence electrons. The zero-order valence-electron chi connectivity index (χ0n) is 9.95. The molecule has 7 heteroatoms. The average molecular weight is 303 g/mol. The molecule has 0 aliphatic rings. The van der Waals surface area contributed by atoms with Crippen LogP contribution < -0.4 is 10.6 Å². The highest BCUT2D eigenvalue weighted by atomic mass is 79.9. The van der Waals surface area contributed by atoms with E-state index in [1.165, 1.54) is 0 Å². The maximum atomic E-state index is 11.5. The van der Waals surface area contributed by atoms with Gasteiger partial charge in [0.1, 0.15) is 11.9 Å². The molecule has 0 saturated heterocycles. The van der Waals surface area contributed by atoms with Crippen molar-refractivity contribution < 1.29 is 9.53 Å². The highest BCUT2D eigenvalue weighted by Crippen LogP contribution is 2.20. The van der Waals surface area contributed by atoms with Crippen LogP contribution in [0.1, 0.15) is 13.8 Å². The fraction of sp³-hybridized carbons (Fsp3) is 0.500. The number of anilines is 2. The summed E-state index contributed by atoms with van der Waals surface area (Å²) in [5, 5.41) is 5.78. The van der Waals surface area contributed by atoms with Crippen LogP contribution in [0.25, 0.3) is 0 Å². The van der Waals surface area contributed by atoms with Gasteiger partial charge in [-0.2, -0.15) is 4.98 Å². The second-order valence-electron chi connectivity index (χ2n) is 3.26. The maximum Gasteiger partial charge on any atom is 0.328 e. The predicted octanol–water partition coefficient (Wildman–Crippen LogP) is 1.64. The largest absolute Gasteiger partial charge is 0.464 e. The molecular formula is C10H15BrN4O2. The van der Waals surface area contributed by atoms with E-state index in [1.807, 2.05) is 0 Å². The fourth-order valence-electron chi connectivity index (χ4n) is 1.12. The van der Waals surface area contributed by atoms with Gasteiger partial charge in [-0.1, -0.05) is 0 Å². The Bertz CT molecular complexity index is 400. The van der Waals surface area contributed by atoms with Crippen LogP contribution in [0.15, 0.2) is 10.7 Å². The van der Waals surface area contributed by atoms with Crippen LogP contribution in [0.2, 0.25) is 0 Å². The van der Waals surface area contributed by atoms with Crippen LogP contribution in [0.3, 0.4) is 0 Å². The van der Waals surface area contributed by atoms with Gasteiger partial charge in [0.2, 0.25) is 5.95 Å². The monoisotopic (exact) mass is 302 g/mol. The Morgan fingerprint density at radius 3 is 2.94 bits per heavy atom. The van der Waals surface area contributed by atoms with Gasteiger partial charge < -0.3 is 15.4 Å². The number of hydrogen-bond donors (Lipinski definition) is 2. The highest BCUT2D eigenvalue weighted by molar-refractivity contribution is 9.10. The van der Waals surface area contributed by atoms with Crippen molar-refractivity contribution in [2.24, 2.45) is 0 Å². The predicted molar refractivity (Wildman–Crippen MR) is 69.0 cm³/mol. The molecule has 1 aromatic heterocycles. The number of nitrogens with one attached hydrogen (secondary N) is 2. The molecule has 0 aliphatic heterocycles. The number of esters is 1. The van der Waals surface area contributed by atoms with Crippen molar-refractivity contribution in [3.63, 3.8) is 0 Å². The summed E-state index contributed by atoms with van der Waals surface area (Å²) in [6, 6.07) is -0.467. The van der Waals surface area contributed by atoms with Crippen LogP contribution >= 0.6 is 15.9 Å². The maximum absolute atomic E-state index is 11.5. The molecule has 0 radical (unpaired) electrons. The third-order valence-corrected chi connectivity index (χ3v) is 2.54. The number of aromatic nitrogens is 2. The molecule has 0 fully saturated rings. The van der Waals surface area contributed by atoms with E-state index in [9.17, 15) is 4.79 Å². The molecule has 6 nitrogen and oxygen atoms in total. The second kappa shape index (κ2) is 6.39. The van der Waals surface area contributed by atoms with E-state index in [-0.39, 0.29) is 5.97 Å².